The highest BCUT2D eigenvalue weighted by Crippen LogP contribution is 2.24. The third-order valence-corrected chi connectivity index (χ3v) is 5.67. The molecule has 0 radical (unpaired) electrons. The molecule has 0 saturated heterocycles. The van der Waals surface area contributed by atoms with Crippen molar-refractivity contribution >= 4 is 11.8 Å². The van der Waals surface area contributed by atoms with Gasteiger partial charge in [-0.1, -0.05) is 36.5 Å². The molecule has 2 N–H and O–H groups in total. The molecule has 35 heavy (non-hydrogen) atoms. The summed E-state index contributed by atoms with van der Waals surface area (Å²) in [5.74, 6) is 3.88. The molecule has 0 spiro atoms. The van der Waals surface area contributed by atoms with Crippen molar-refractivity contribution < 1.29 is 32.6 Å². The normalized spacial score (nSPS) is 24.3. The van der Waals surface area contributed by atoms with Gasteiger partial charge in [0.2, 0.25) is 11.3 Å². The summed E-state index contributed by atoms with van der Waals surface area (Å²) in [7, 11) is 0. The Morgan fingerprint density at radius 1 is 0.800 bits per heavy atom. The second-order valence-electron chi connectivity index (χ2n) is 8.55. The number of ether oxygens (including phenoxy) is 3. The molecule has 9 heteroatoms. The molecule has 2 unspecified atom stereocenters. The Labute approximate surface area is 207 Å². The molecule has 2 aliphatic carbocycles. The number of carbonyl (C=O) groups is 2. The van der Waals surface area contributed by atoms with Crippen LogP contribution in [0.1, 0.15) is 51.4 Å². The fourth-order valence-electron chi connectivity index (χ4n) is 3.63. The van der Waals surface area contributed by atoms with E-state index >= 15 is 0 Å². The molecular formula is C26H38F2N2O5. The summed E-state index contributed by atoms with van der Waals surface area (Å²) in [5.41, 5.74) is -4.09. The molecule has 0 saturated carbocycles. The molecule has 2 amide bonds. The van der Waals surface area contributed by atoms with Crippen molar-refractivity contribution in [1.29, 1.82) is 0 Å². The van der Waals surface area contributed by atoms with E-state index in [0.29, 0.717) is 45.7 Å². The van der Waals surface area contributed by atoms with Gasteiger partial charge in [-0.25, -0.2) is 8.78 Å². The molecule has 0 fully saturated rings. The van der Waals surface area contributed by atoms with E-state index in [-0.39, 0.29) is 39.1 Å². The molecule has 0 bridgehead atoms. The van der Waals surface area contributed by atoms with Crippen molar-refractivity contribution in [2.24, 2.45) is 0 Å². The van der Waals surface area contributed by atoms with Gasteiger partial charge >= 0.3 is 0 Å². The van der Waals surface area contributed by atoms with Gasteiger partial charge in [0.05, 0.1) is 39.6 Å². The van der Waals surface area contributed by atoms with Crippen LogP contribution < -0.4 is 10.6 Å². The Balaban J connectivity index is 1.42. The van der Waals surface area contributed by atoms with E-state index in [1.807, 2.05) is 6.08 Å². The third kappa shape index (κ3) is 11.3. The number of alkyl halides is 2. The zero-order chi connectivity index (χ0) is 25.2. The average molecular weight is 497 g/mol. The minimum absolute atomic E-state index is 0.126. The van der Waals surface area contributed by atoms with Crippen LogP contribution in [0.25, 0.3) is 0 Å². The van der Waals surface area contributed by atoms with E-state index in [0.717, 1.165) is 19.3 Å². The molecule has 2 rings (SSSR count). The highest BCUT2D eigenvalue weighted by atomic mass is 19.1. The highest BCUT2D eigenvalue weighted by molar-refractivity contribution is 5.88. The summed E-state index contributed by atoms with van der Waals surface area (Å²) in [6.45, 7) is 2.27. The maximum atomic E-state index is 14.8. The number of allylic oxidation sites excluding steroid dienone is 3. The van der Waals surface area contributed by atoms with Crippen molar-refractivity contribution in [3.05, 3.63) is 24.3 Å². The number of amides is 2. The predicted molar refractivity (Wildman–Crippen MR) is 129 cm³/mol. The Bertz CT molecular complexity index is 779. The van der Waals surface area contributed by atoms with E-state index in [1.165, 1.54) is 6.08 Å². The minimum atomic E-state index is -2.11. The summed E-state index contributed by atoms with van der Waals surface area (Å²) in [5, 5.41) is 5.12. The van der Waals surface area contributed by atoms with Gasteiger partial charge in [-0.3, -0.25) is 9.59 Å². The molecule has 0 aliphatic heterocycles. The summed E-state index contributed by atoms with van der Waals surface area (Å²) in [6.07, 6.45) is 11.3. The standard InChI is InChI=1S/C26H38F2N2O5/c27-25(11-7-3-1-4-8-12-25)23(31)29-15-17-33-19-21-35-22-20-34-18-16-30-24(32)26(28)13-9-5-2-6-10-14-26/h1,3,7,11H,2,4-6,8-9,12-13,15-22H2,(H,29,31)(H,30,32). The third-order valence-electron chi connectivity index (χ3n) is 5.67. The van der Waals surface area contributed by atoms with Crippen LogP contribution in [0, 0.1) is 11.8 Å². The lowest BCUT2D eigenvalue weighted by molar-refractivity contribution is -0.131. The van der Waals surface area contributed by atoms with E-state index in [1.54, 1.807) is 12.2 Å². The summed E-state index contributed by atoms with van der Waals surface area (Å²) in [6, 6.07) is 0. The first kappa shape index (κ1) is 29.0. The first-order chi connectivity index (χ1) is 17.0. The van der Waals surface area contributed by atoms with E-state index in [4.69, 9.17) is 14.2 Å². The smallest absolute Gasteiger partial charge is 0.270 e. The topological polar surface area (TPSA) is 85.9 Å². The maximum Gasteiger partial charge on any atom is 0.270 e. The lowest BCUT2D eigenvalue weighted by atomic mass is 9.94. The zero-order valence-electron chi connectivity index (χ0n) is 20.4. The number of nitrogens with one attached hydrogen (secondary N) is 2. The molecule has 7 nitrogen and oxygen atoms in total. The minimum Gasteiger partial charge on any atom is -0.377 e. The van der Waals surface area contributed by atoms with Crippen LogP contribution in [0.3, 0.4) is 0 Å². The fourth-order valence-corrected chi connectivity index (χ4v) is 3.63. The van der Waals surface area contributed by atoms with Crippen LogP contribution in [0.5, 0.6) is 0 Å². The lowest BCUT2D eigenvalue weighted by Crippen LogP contribution is -2.44. The first-order valence-corrected chi connectivity index (χ1v) is 12.5. The van der Waals surface area contributed by atoms with Crippen molar-refractivity contribution in [2.75, 3.05) is 52.7 Å². The van der Waals surface area contributed by atoms with Crippen LogP contribution in [0.2, 0.25) is 0 Å². The monoisotopic (exact) mass is 496 g/mol. The largest absolute Gasteiger partial charge is 0.377 e. The summed E-state index contributed by atoms with van der Waals surface area (Å²) >= 11 is 0. The Morgan fingerprint density at radius 2 is 1.46 bits per heavy atom. The fraction of sp³-hybridized carbons (Fsp3) is 0.692. The SMILES string of the molecule is O=C(NCCOCCOCCOCCNC(=O)C1(F)C=CC=CCCC1)C1(F)C#CCCCCC1. The molecule has 0 heterocycles. The Morgan fingerprint density at radius 3 is 2.17 bits per heavy atom. The van der Waals surface area contributed by atoms with E-state index in [9.17, 15) is 18.4 Å². The molecule has 0 aromatic heterocycles. The van der Waals surface area contributed by atoms with Crippen LogP contribution >= 0.6 is 0 Å². The molecule has 0 aromatic carbocycles. The molecule has 2 aliphatic rings. The van der Waals surface area contributed by atoms with Gasteiger partial charge in [0, 0.05) is 25.9 Å². The van der Waals surface area contributed by atoms with Crippen LogP contribution in [0.4, 0.5) is 8.78 Å². The van der Waals surface area contributed by atoms with Gasteiger partial charge in [-0.15, -0.1) is 0 Å². The quantitative estimate of drug-likeness (QED) is 0.285. The zero-order valence-corrected chi connectivity index (χ0v) is 20.4. The van der Waals surface area contributed by atoms with E-state index < -0.39 is 23.2 Å². The lowest BCUT2D eigenvalue weighted by Gasteiger charge is -2.21. The molecule has 196 valence electrons. The van der Waals surface area contributed by atoms with Crippen LogP contribution in [-0.2, 0) is 23.8 Å². The van der Waals surface area contributed by atoms with Gasteiger partial charge in [-0.2, -0.15) is 0 Å². The number of hydrogen-bond acceptors (Lipinski definition) is 5. The average Bonchev–Trinajstić information content (AvgIpc) is 2.81. The molecule has 0 aromatic rings. The van der Waals surface area contributed by atoms with Gasteiger partial charge in [-0.05, 0) is 38.2 Å². The van der Waals surface area contributed by atoms with Gasteiger partial charge in [0.15, 0.2) is 0 Å². The second-order valence-corrected chi connectivity index (χ2v) is 8.55. The summed E-state index contributed by atoms with van der Waals surface area (Å²) in [4.78, 5) is 24.2. The van der Waals surface area contributed by atoms with Crippen LogP contribution in [-0.4, -0.2) is 75.9 Å². The Hall–Kier alpha value is -2.28. The van der Waals surface area contributed by atoms with Crippen molar-refractivity contribution in [3.8, 4) is 11.8 Å². The maximum absolute atomic E-state index is 14.8. The van der Waals surface area contributed by atoms with E-state index in [2.05, 4.69) is 22.5 Å². The van der Waals surface area contributed by atoms with Crippen molar-refractivity contribution in [3.63, 3.8) is 0 Å². The van der Waals surface area contributed by atoms with Gasteiger partial charge in [0.25, 0.3) is 11.8 Å². The number of hydrogen-bond donors (Lipinski definition) is 2. The molecule has 2 atom stereocenters. The Kier molecular flexibility index (Phi) is 13.6. The number of rotatable bonds is 14. The van der Waals surface area contributed by atoms with Crippen molar-refractivity contribution in [2.45, 2.75) is 62.7 Å². The first-order valence-electron chi connectivity index (χ1n) is 12.5. The summed E-state index contributed by atoms with van der Waals surface area (Å²) < 4.78 is 45.6. The predicted octanol–water partition coefficient (Wildman–Crippen LogP) is 2.95. The van der Waals surface area contributed by atoms with Gasteiger partial charge < -0.3 is 24.8 Å². The second kappa shape index (κ2) is 16.4. The van der Waals surface area contributed by atoms with Gasteiger partial charge in [0.1, 0.15) is 0 Å². The number of halogens is 2. The van der Waals surface area contributed by atoms with Crippen molar-refractivity contribution in [1.82, 2.24) is 10.6 Å². The number of carbonyl (C=O) groups excluding carboxylic acids is 2. The molecular weight excluding hydrogens is 458 g/mol. The van der Waals surface area contributed by atoms with Crippen LogP contribution in [0.15, 0.2) is 24.3 Å². The highest BCUT2D eigenvalue weighted by Gasteiger charge is 2.36.